The fourth-order valence-corrected chi connectivity index (χ4v) is 1.48. The quantitative estimate of drug-likeness (QED) is 0.856. The van der Waals surface area contributed by atoms with Gasteiger partial charge in [0.05, 0.1) is 5.02 Å². The van der Waals surface area contributed by atoms with Crippen molar-refractivity contribution in [1.29, 1.82) is 0 Å². The molecule has 82 valence electrons. The third-order valence-corrected chi connectivity index (χ3v) is 2.52. The first kappa shape index (κ1) is 11.1. The average molecular weight is 255 g/mol. The molecule has 0 atom stereocenters. The van der Waals surface area contributed by atoms with E-state index in [0.29, 0.717) is 21.5 Å². The Bertz CT molecular complexity index is 495. The van der Waals surface area contributed by atoms with Crippen molar-refractivity contribution < 1.29 is 9.84 Å². The van der Waals surface area contributed by atoms with Gasteiger partial charge < -0.3 is 9.84 Å². The molecule has 0 spiro atoms. The summed E-state index contributed by atoms with van der Waals surface area (Å²) in [5.41, 5.74) is 0. The van der Waals surface area contributed by atoms with Crippen molar-refractivity contribution in [2.24, 2.45) is 0 Å². The Labute approximate surface area is 103 Å². The summed E-state index contributed by atoms with van der Waals surface area (Å²) in [4.78, 5) is 0. The SMILES string of the molecule is Oc1ccc(Cl)c(Oc2ccc(Cl)cc2)c1. The van der Waals surface area contributed by atoms with Crippen LogP contribution in [0.1, 0.15) is 0 Å². The molecule has 0 fully saturated rings. The highest BCUT2D eigenvalue weighted by molar-refractivity contribution is 6.32. The molecule has 0 aliphatic carbocycles. The van der Waals surface area contributed by atoms with E-state index in [1.807, 2.05) is 0 Å². The first-order chi connectivity index (χ1) is 7.65. The van der Waals surface area contributed by atoms with Crippen LogP contribution >= 0.6 is 23.2 Å². The lowest BCUT2D eigenvalue weighted by Crippen LogP contribution is -1.84. The first-order valence-corrected chi connectivity index (χ1v) is 5.33. The van der Waals surface area contributed by atoms with Gasteiger partial charge in [-0.1, -0.05) is 23.2 Å². The Hall–Kier alpha value is -1.38. The summed E-state index contributed by atoms with van der Waals surface area (Å²) in [6, 6.07) is 11.4. The highest BCUT2D eigenvalue weighted by Crippen LogP contribution is 2.32. The van der Waals surface area contributed by atoms with Gasteiger partial charge >= 0.3 is 0 Å². The molecule has 2 aromatic carbocycles. The van der Waals surface area contributed by atoms with Gasteiger partial charge in [-0.25, -0.2) is 0 Å². The van der Waals surface area contributed by atoms with Crippen molar-refractivity contribution in [2.45, 2.75) is 0 Å². The summed E-state index contributed by atoms with van der Waals surface area (Å²) < 4.78 is 5.49. The maximum absolute atomic E-state index is 9.30. The predicted molar refractivity (Wildman–Crippen MR) is 64.6 cm³/mol. The Morgan fingerprint density at radius 2 is 1.62 bits per heavy atom. The van der Waals surface area contributed by atoms with E-state index in [1.54, 1.807) is 30.3 Å². The van der Waals surface area contributed by atoms with Gasteiger partial charge in [-0.3, -0.25) is 0 Å². The molecule has 0 aromatic heterocycles. The van der Waals surface area contributed by atoms with Crippen LogP contribution in [0.5, 0.6) is 17.2 Å². The molecule has 4 heteroatoms. The zero-order valence-corrected chi connectivity index (χ0v) is 9.66. The van der Waals surface area contributed by atoms with Crippen LogP contribution in [0.4, 0.5) is 0 Å². The van der Waals surface area contributed by atoms with E-state index >= 15 is 0 Å². The predicted octanol–water partition coefficient (Wildman–Crippen LogP) is 4.49. The minimum absolute atomic E-state index is 0.105. The van der Waals surface area contributed by atoms with Gasteiger partial charge in [0.2, 0.25) is 0 Å². The van der Waals surface area contributed by atoms with Crippen LogP contribution in [-0.4, -0.2) is 5.11 Å². The van der Waals surface area contributed by atoms with Crippen LogP contribution in [0.25, 0.3) is 0 Å². The molecule has 0 aliphatic rings. The van der Waals surface area contributed by atoms with Gasteiger partial charge in [-0.15, -0.1) is 0 Å². The van der Waals surface area contributed by atoms with E-state index < -0.39 is 0 Å². The van der Waals surface area contributed by atoms with Crippen LogP contribution in [-0.2, 0) is 0 Å². The smallest absolute Gasteiger partial charge is 0.149 e. The Morgan fingerprint density at radius 3 is 2.31 bits per heavy atom. The molecule has 1 N–H and O–H groups in total. The summed E-state index contributed by atoms with van der Waals surface area (Å²) in [5, 5.41) is 10.4. The molecule has 2 rings (SSSR count). The third-order valence-electron chi connectivity index (χ3n) is 1.96. The van der Waals surface area contributed by atoms with Crippen LogP contribution in [0.15, 0.2) is 42.5 Å². The molecular formula is C12H8Cl2O2. The van der Waals surface area contributed by atoms with Crippen molar-refractivity contribution in [2.75, 3.05) is 0 Å². The van der Waals surface area contributed by atoms with E-state index in [9.17, 15) is 5.11 Å². The molecule has 0 aliphatic heterocycles. The third kappa shape index (κ3) is 2.60. The lowest BCUT2D eigenvalue weighted by Gasteiger charge is -2.07. The van der Waals surface area contributed by atoms with E-state index in [0.717, 1.165) is 0 Å². The number of benzene rings is 2. The van der Waals surface area contributed by atoms with Gasteiger partial charge in [0.25, 0.3) is 0 Å². The lowest BCUT2D eigenvalue weighted by molar-refractivity contribution is 0.455. The van der Waals surface area contributed by atoms with E-state index in [2.05, 4.69) is 0 Å². The number of rotatable bonds is 2. The molecule has 0 saturated heterocycles. The Morgan fingerprint density at radius 1 is 0.938 bits per heavy atom. The number of halogens is 2. The maximum Gasteiger partial charge on any atom is 0.149 e. The molecule has 2 nitrogen and oxygen atoms in total. The van der Waals surface area contributed by atoms with Gasteiger partial charge in [0.1, 0.15) is 17.2 Å². The Kier molecular flexibility index (Phi) is 3.22. The summed E-state index contributed by atoms with van der Waals surface area (Å²) in [5.74, 6) is 1.12. The molecular weight excluding hydrogens is 247 g/mol. The lowest BCUT2D eigenvalue weighted by atomic mass is 10.3. The standard InChI is InChI=1S/C12H8Cl2O2/c13-8-1-4-10(5-2-8)16-12-7-9(15)3-6-11(12)14/h1-7,15H. The second kappa shape index (κ2) is 4.64. The molecule has 2 aromatic rings. The zero-order chi connectivity index (χ0) is 11.5. The second-order valence-electron chi connectivity index (χ2n) is 3.17. The largest absolute Gasteiger partial charge is 0.508 e. The van der Waals surface area contributed by atoms with E-state index in [1.165, 1.54) is 12.1 Å². The number of ether oxygens (including phenoxy) is 1. The summed E-state index contributed by atoms with van der Waals surface area (Å²) >= 11 is 11.7. The van der Waals surface area contributed by atoms with Crippen molar-refractivity contribution in [3.8, 4) is 17.2 Å². The fraction of sp³-hybridized carbons (Fsp3) is 0. The van der Waals surface area contributed by atoms with E-state index in [4.69, 9.17) is 27.9 Å². The number of aromatic hydroxyl groups is 1. The number of hydrogen-bond acceptors (Lipinski definition) is 2. The van der Waals surface area contributed by atoms with Crippen molar-refractivity contribution in [3.05, 3.63) is 52.5 Å². The van der Waals surface area contributed by atoms with Crippen molar-refractivity contribution in [3.63, 3.8) is 0 Å². The summed E-state index contributed by atoms with van der Waals surface area (Å²) in [6.07, 6.45) is 0. The summed E-state index contributed by atoms with van der Waals surface area (Å²) in [6.45, 7) is 0. The minimum atomic E-state index is 0.105. The van der Waals surface area contributed by atoms with Gasteiger partial charge in [0, 0.05) is 11.1 Å². The molecule has 0 heterocycles. The number of phenolic OH excluding ortho intramolecular Hbond substituents is 1. The molecule has 0 unspecified atom stereocenters. The Balaban J connectivity index is 2.26. The average Bonchev–Trinajstić information content (AvgIpc) is 2.27. The second-order valence-corrected chi connectivity index (χ2v) is 4.01. The molecule has 0 amide bonds. The number of hydrogen-bond donors (Lipinski definition) is 1. The summed E-state index contributed by atoms with van der Waals surface area (Å²) in [7, 11) is 0. The minimum Gasteiger partial charge on any atom is -0.508 e. The molecule has 0 bridgehead atoms. The van der Waals surface area contributed by atoms with Gasteiger partial charge in [-0.2, -0.15) is 0 Å². The zero-order valence-electron chi connectivity index (χ0n) is 8.15. The topological polar surface area (TPSA) is 29.5 Å². The van der Waals surface area contributed by atoms with Crippen LogP contribution < -0.4 is 4.74 Å². The highest BCUT2D eigenvalue weighted by Gasteiger charge is 2.04. The maximum atomic E-state index is 9.30. The van der Waals surface area contributed by atoms with Gasteiger partial charge in [0.15, 0.2) is 0 Å². The van der Waals surface area contributed by atoms with Crippen LogP contribution in [0.3, 0.4) is 0 Å². The fourth-order valence-electron chi connectivity index (χ4n) is 1.20. The monoisotopic (exact) mass is 254 g/mol. The van der Waals surface area contributed by atoms with E-state index in [-0.39, 0.29) is 5.75 Å². The molecule has 0 saturated carbocycles. The molecule has 16 heavy (non-hydrogen) atoms. The van der Waals surface area contributed by atoms with Crippen LogP contribution in [0, 0.1) is 0 Å². The molecule has 0 radical (unpaired) electrons. The van der Waals surface area contributed by atoms with Crippen LogP contribution in [0.2, 0.25) is 10.0 Å². The first-order valence-electron chi connectivity index (χ1n) is 4.57. The number of phenols is 1. The van der Waals surface area contributed by atoms with Crippen molar-refractivity contribution >= 4 is 23.2 Å². The van der Waals surface area contributed by atoms with Gasteiger partial charge in [-0.05, 0) is 36.4 Å². The highest BCUT2D eigenvalue weighted by atomic mass is 35.5. The van der Waals surface area contributed by atoms with Crippen molar-refractivity contribution in [1.82, 2.24) is 0 Å². The normalized spacial score (nSPS) is 10.1.